The first-order chi connectivity index (χ1) is 9.97. The second-order valence-corrected chi connectivity index (χ2v) is 6.07. The summed E-state index contributed by atoms with van der Waals surface area (Å²) in [6.07, 6.45) is 0. The number of aryl methyl sites for hydroxylation is 2. The molecular weight excluding hydrogens is 262 g/mol. The van der Waals surface area contributed by atoms with Crippen molar-refractivity contribution in [3.8, 4) is 0 Å². The van der Waals surface area contributed by atoms with Crippen molar-refractivity contribution in [1.82, 2.24) is 15.1 Å². The lowest BCUT2D eigenvalue weighted by Gasteiger charge is -2.30. The molecule has 0 spiro atoms. The molecule has 0 aliphatic heterocycles. The molecule has 114 valence electrons. The van der Waals surface area contributed by atoms with Crippen molar-refractivity contribution in [1.29, 1.82) is 0 Å². The topological polar surface area (TPSA) is 42.2 Å². The molecule has 0 saturated heterocycles. The van der Waals surface area contributed by atoms with E-state index in [0.717, 1.165) is 6.54 Å². The first-order valence-corrected chi connectivity index (χ1v) is 7.56. The van der Waals surface area contributed by atoms with Gasteiger partial charge in [-0.15, -0.1) is 10.2 Å². The zero-order valence-electron chi connectivity index (χ0n) is 13.6. The highest BCUT2D eigenvalue weighted by Gasteiger charge is 2.20. The Bertz CT molecular complexity index is 577. The van der Waals surface area contributed by atoms with E-state index in [4.69, 9.17) is 4.42 Å². The van der Waals surface area contributed by atoms with E-state index in [-0.39, 0.29) is 0 Å². The SMILES string of the molecule is Cc1nnc(CN(CC(C)C)[C@H](C)c2ccccc2C)o1. The lowest BCUT2D eigenvalue weighted by molar-refractivity contribution is 0.161. The van der Waals surface area contributed by atoms with Gasteiger partial charge in [0.05, 0.1) is 6.54 Å². The Morgan fingerprint density at radius 3 is 2.38 bits per heavy atom. The van der Waals surface area contributed by atoms with Crippen LogP contribution in [0.5, 0.6) is 0 Å². The van der Waals surface area contributed by atoms with Gasteiger partial charge in [-0.1, -0.05) is 38.1 Å². The molecular formula is C17H25N3O. The van der Waals surface area contributed by atoms with E-state index in [2.05, 4.69) is 67.1 Å². The summed E-state index contributed by atoms with van der Waals surface area (Å²) in [5.41, 5.74) is 2.68. The molecule has 0 amide bonds. The molecule has 2 aromatic rings. The number of nitrogens with zero attached hydrogens (tertiary/aromatic N) is 3. The molecule has 1 heterocycles. The molecule has 2 rings (SSSR count). The number of hydrogen-bond donors (Lipinski definition) is 0. The second-order valence-electron chi connectivity index (χ2n) is 6.07. The summed E-state index contributed by atoms with van der Waals surface area (Å²) in [5.74, 6) is 1.90. The van der Waals surface area contributed by atoms with Crippen LogP contribution in [0.15, 0.2) is 28.7 Å². The molecule has 21 heavy (non-hydrogen) atoms. The molecule has 4 nitrogen and oxygen atoms in total. The van der Waals surface area contributed by atoms with Gasteiger partial charge in [0.1, 0.15) is 0 Å². The molecule has 1 atom stereocenters. The largest absolute Gasteiger partial charge is 0.424 e. The summed E-state index contributed by atoms with van der Waals surface area (Å²) in [6.45, 7) is 12.4. The molecule has 0 saturated carbocycles. The maximum atomic E-state index is 5.55. The first-order valence-electron chi connectivity index (χ1n) is 7.56. The minimum atomic E-state index is 0.320. The third-order valence-corrected chi connectivity index (χ3v) is 3.69. The van der Waals surface area contributed by atoms with E-state index in [1.54, 1.807) is 0 Å². The third kappa shape index (κ3) is 4.14. The standard InChI is InChI=1S/C17H25N3O/c1-12(2)10-20(11-17-19-18-15(5)21-17)14(4)16-9-7-6-8-13(16)3/h6-9,12,14H,10-11H2,1-5H3/t14-/m1/s1. The van der Waals surface area contributed by atoms with Crippen molar-refractivity contribution in [2.45, 2.75) is 47.2 Å². The average Bonchev–Trinajstić information content (AvgIpc) is 2.83. The number of benzene rings is 1. The van der Waals surface area contributed by atoms with Crippen molar-refractivity contribution < 1.29 is 4.42 Å². The van der Waals surface area contributed by atoms with Crippen LogP contribution in [0.4, 0.5) is 0 Å². The number of rotatable bonds is 6. The van der Waals surface area contributed by atoms with Crippen LogP contribution in [0.1, 0.15) is 49.7 Å². The smallest absolute Gasteiger partial charge is 0.230 e. The van der Waals surface area contributed by atoms with Gasteiger partial charge in [-0.2, -0.15) is 0 Å². The molecule has 0 aliphatic rings. The molecule has 0 aliphatic carbocycles. The average molecular weight is 287 g/mol. The lowest BCUT2D eigenvalue weighted by atomic mass is 10.0. The molecule has 1 aromatic heterocycles. The molecule has 0 radical (unpaired) electrons. The van der Waals surface area contributed by atoms with Gasteiger partial charge in [0, 0.05) is 19.5 Å². The summed E-state index contributed by atoms with van der Waals surface area (Å²) in [7, 11) is 0. The van der Waals surface area contributed by atoms with Crippen molar-refractivity contribution in [2.75, 3.05) is 6.54 Å². The Morgan fingerprint density at radius 2 is 1.81 bits per heavy atom. The van der Waals surface area contributed by atoms with E-state index in [1.165, 1.54) is 11.1 Å². The fraction of sp³-hybridized carbons (Fsp3) is 0.529. The Labute approximate surface area is 127 Å². The van der Waals surface area contributed by atoms with E-state index in [9.17, 15) is 0 Å². The maximum Gasteiger partial charge on any atom is 0.230 e. The predicted molar refractivity (Wildman–Crippen MR) is 83.9 cm³/mol. The van der Waals surface area contributed by atoms with Gasteiger partial charge in [-0.25, -0.2) is 0 Å². The van der Waals surface area contributed by atoms with Gasteiger partial charge in [-0.3, -0.25) is 4.90 Å². The first kappa shape index (κ1) is 15.7. The van der Waals surface area contributed by atoms with Gasteiger partial charge in [0.25, 0.3) is 0 Å². The zero-order valence-corrected chi connectivity index (χ0v) is 13.6. The summed E-state index contributed by atoms with van der Waals surface area (Å²) in [4.78, 5) is 2.40. The third-order valence-electron chi connectivity index (χ3n) is 3.69. The minimum Gasteiger partial charge on any atom is -0.424 e. The van der Waals surface area contributed by atoms with Crippen LogP contribution < -0.4 is 0 Å². The van der Waals surface area contributed by atoms with E-state index >= 15 is 0 Å². The normalized spacial score (nSPS) is 13.1. The molecule has 0 fully saturated rings. The van der Waals surface area contributed by atoms with Crippen LogP contribution in [0.2, 0.25) is 0 Å². The minimum absolute atomic E-state index is 0.320. The van der Waals surface area contributed by atoms with Crippen molar-refractivity contribution in [3.63, 3.8) is 0 Å². The number of aromatic nitrogens is 2. The summed E-state index contributed by atoms with van der Waals surface area (Å²) >= 11 is 0. The van der Waals surface area contributed by atoms with Crippen LogP contribution >= 0.6 is 0 Å². The Hall–Kier alpha value is -1.68. The molecule has 1 aromatic carbocycles. The predicted octanol–water partition coefficient (Wildman–Crippen LogP) is 3.91. The van der Waals surface area contributed by atoms with Gasteiger partial charge < -0.3 is 4.42 Å². The maximum absolute atomic E-state index is 5.55. The highest BCUT2D eigenvalue weighted by molar-refractivity contribution is 5.28. The van der Waals surface area contributed by atoms with Crippen LogP contribution in [0.25, 0.3) is 0 Å². The van der Waals surface area contributed by atoms with Gasteiger partial charge in [0.2, 0.25) is 11.8 Å². The highest BCUT2D eigenvalue weighted by atomic mass is 16.4. The van der Waals surface area contributed by atoms with Gasteiger partial charge >= 0.3 is 0 Å². The molecule has 0 bridgehead atoms. The Kier molecular flexibility index (Phi) is 5.12. The fourth-order valence-electron chi connectivity index (χ4n) is 2.66. The van der Waals surface area contributed by atoms with E-state index < -0.39 is 0 Å². The fourth-order valence-corrected chi connectivity index (χ4v) is 2.66. The molecule has 0 N–H and O–H groups in total. The van der Waals surface area contributed by atoms with Crippen LogP contribution in [-0.2, 0) is 6.54 Å². The van der Waals surface area contributed by atoms with Crippen LogP contribution in [0, 0.1) is 19.8 Å². The highest BCUT2D eigenvalue weighted by Crippen LogP contribution is 2.25. The van der Waals surface area contributed by atoms with Gasteiger partial charge in [0.15, 0.2) is 0 Å². The van der Waals surface area contributed by atoms with Crippen LogP contribution in [-0.4, -0.2) is 21.6 Å². The monoisotopic (exact) mass is 287 g/mol. The van der Waals surface area contributed by atoms with Crippen LogP contribution in [0.3, 0.4) is 0 Å². The molecule has 4 heteroatoms. The zero-order chi connectivity index (χ0) is 15.4. The number of hydrogen-bond acceptors (Lipinski definition) is 4. The second kappa shape index (κ2) is 6.85. The summed E-state index contributed by atoms with van der Waals surface area (Å²) in [5, 5.41) is 8.06. The van der Waals surface area contributed by atoms with E-state index in [1.807, 2.05) is 6.92 Å². The van der Waals surface area contributed by atoms with Crippen molar-refractivity contribution in [2.24, 2.45) is 5.92 Å². The molecule has 0 unspecified atom stereocenters. The Morgan fingerprint density at radius 1 is 1.10 bits per heavy atom. The van der Waals surface area contributed by atoms with Gasteiger partial charge in [-0.05, 0) is 30.9 Å². The Balaban J connectivity index is 2.20. The summed E-state index contributed by atoms with van der Waals surface area (Å²) in [6, 6.07) is 8.87. The van der Waals surface area contributed by atoms with E-state index in [0.29, 0.717) is 30.3 Å². The van der Waals surface area contributed by atoms with Crippen molar-refractivity contribution in [3.05, 3.63) is 47.2 Å². The quantitative estimate of drug-likeness (QED) is 0.808. The summed E-state index contributed by atoms with van der Waals surface area (Å²) < 4.78 is 5.55. The lowest BCUT2D eigenvalue weighted by Crippen LogP contribution is -2.30. The van der Waals surface area contributed by atoms with Crippen molar-refractivity contribution >= 4 is 0 Å².